The second-order valence-electron chi connectivity index (χ2n) is 10.2. The van der Waals surface area contributed by atoms with Gasteiger partial charge in [-0.15, -0.1) is 11.3 Å². The smallest absolute Gasteiger partial charge is 0.254 e. The third-order valence-corrected chi connectivity index (χ3v) is 8.44. The second kappa shape index (κ2) is 14.8. The third-order valence-electron chi connectivity index (χ3n) is 7.58. The van der Waals surface area contributed by atoms with Gasteiger partial charge in [-0.3, -0.25) is 9.59 Å². The maximum atomic E-state index is 14.0. The van der Waals surface area contributed by atoms with Gasteiger partial charge in [0.05, 0.1) is 35.0 Å². The van der Waals surface area contributed by atoms with E-state index in [4.69, 9.17) is 18.9 Å². The quantitative estimate of drug-likeness (QED) is 0.253. The molecule has 41 heavy (non-hydrogen) atoms. The Labute approximate surface area is 246 Å². The average Bonchev–Trinajstić information content (AvgIpc) is 3.54. The van der Waals surface area contributed by atoms with Crippen molar-refractivity contribution in [2.45, 2.75) is 51.1 Å². The number of nitrogens with zero attached hydrogens (tertiary/aromatic N) is 2. The first-order chi connectivity index (χ1) is 19.9. The second-order valence-corrected chi connectivity index (χ2v) is 11.2. The number of benzene rings is 2. The van der Waals surface area contributed by atoms with Gasteiger partial charge < -0.3 is 28.7 Å². The molecule has 0 bridgehead atoms. The van der Waals surface area contributed by atoms with Gasteiger partial charge in [-0.05, 0) is 60.5 Å². The molecule has 0 saturated heterocycles. The molecule has 8 nitrogen and oxygen atoms in total. The predicted octanol–water partition coefficient (Wildman–Crippen LogP) is 5.83. The molecule has 0 atom stereocenters. The lowest BCUT2D eigenvalue weighted by Gasteiger charge is -2.35. The highest BCUT2D eigenvalue weighted by Crippen LogP contribution is 2.29. The lowest BCUT2D eigenvalue weighted by atomic mass is 9.93. The molecule has 0 aliphatic heterocycles. The van der Waals surface area contributed by atoms with E-state index in [0.717, 1.165) is 42.5 Å². The van der Waals surface area contributed by atoms with E-state index in [0.29, 0.717) is 48.1 Å². The van der Waals surface area contributed by atoms with Gasteiger partial charge in [-0.2, -0.15) is 0 Å². The first-order valence-corrected chi connectivity index (χ1v) is 14.9. The Kier molecular flexibility index (Phi) is 10.9. The van der Waals surface area contributed by atoms with E-state index >= 15 is 0 Å². The Morgan fingerprint density at radius 2 is 1.56 bits per heavy atom. The number of methoxy groups -OCH3 is 4. The monoisotopic (exact) mass is 580 g/mol. The average molecular weight is 581 g/mol. The van der Waals surface area contributed by atoms with E-state index in [1.54, 1.807) is 62.9 Å². The van der Waals surface area contributed by atoms with E-state index in [1.165, 1.54) is 0 Å². The molecule has 1 aromatic heterocycles. The lowest BCUT2D eigenvalue weighted by molar-refractivity contribution is -0.133. The van der Waals surface area contributed by atoms with Crippen molar-refractivity contribution in [2.24, 2.45) is 0 Å². The van der Waals surface area contributed by atoms with Crippen molar-refractivity contribution in [3.8, 4) is 23.0 Å². The molecule has 3 aromatic rings. The maximum absolute atomic E-state index is 14.0. The van der Waals surface area contributed by atoms with Gasteiger partial charge >= 0.3 is 0 Å². The van der Waals surface area contributed by atoms with Crippen LogP contribution >= 0.6 is 11.3 Å². The van der Waals surface area contributed by atoms with Gasteiger partial charge in [-0.1, -0.05) is 31.4 Å². The minimum absolute atomic E-state index is 0.00633. The SMILES string of the molecule is COc1cc(OC)cc(C(=O)N(CC(=O)N(CCc2ccc(OC)c(OC)c2)Cc2cccs2)C2CCCCC2)c1. The summed E-state index contributed by atoms with van der Waals surface area (Å²) in [5.74, 6) is 2.14. The molecule has 0 unspecified atom stereocenters. The minimum atomic E-state index is -0.182. The zero-order valence-electron chi connectivity index (χ0n) is 24.4. The Morgan fingerprint density at radius 1 is 0.854 bits per heavy atom. The zero-order chi connectivity index (χ0) is 29.2. The van der Waals surface area contributed by atoms with Crippen LogP contribution in [-0.2, 0) is 17.8 Å². The summed E-state index contributed by atoms with van der Waals surface area (Å²) < 4.78 is 21.7. The fourth-order valence-corrected chi connectivity index (χ4v) is 6.00. The normalized spacial score (nSPS) is 13.4. The summed E-state index contributed by atoms with van der Waals surface area (Å²) in [4.78, 5) is 32.7. The molecule has 1 saturated carbocycles. The van der Waals surface area contributed by atoms with Crippen LogP contribution in [0, 0.1) is 0 Å². The lowest BCUT2D eigenvalue weighted by Crippen LogP contribution is -2.48. The van der Waals surface area contributed by atoms with Crippen LogP contribution in [-0.4, -0.2) is 69.2 Å². The van der Waals surface area contributed by atoms with E-state index in [9.17, 15) is 9.59 Å². The van der Waals surface area contributed by atoms with Crippen LogP contribution in [0.3, 0.4) is 0 Å². The van der Waals surface area contributed by atoms with Crippen LogP contribution in [0.25, 0.3) is 0 Å². The number of carbonyl (C=O) groups is 2. The Balaban J connectivity index is 1.58. The third kappa shape index (κ3) is 7.94. The molecule has 1 aliphatic carbocycles. The van der Waals surface area contributed by atoms with Crippen molar-refractivity contribution in [3.05, 3.63) is 69.9 Å². The van der Waals surface area contributed by atoms with E-state index < -0.39 is 0 Å². The van der Waals surface area contributed by atoms with E-state index in [1.807, 2.05) is 40.6 Å². The fourth-order valence-electron chi connectivity index (χ4n) is 5.28. The number of hydrogen-bond donors (Lipinski definition) is 0. The van der Waals surface area contributed by atoms with Crippen LogP contribution in [0.15, 0.2) is 53.9 Å². The van der Waals surface area contributed by atoms with E-state index in [-0.39, 0.29) is 24.4 Å². The molecule has 220 valence electrons. The number of amides is 2. The van der Waals surface area contributed by atoms with Gasteiger partial charge in [0, 0.05) is 29.1 Å². The van der Waals surface area contributed by atoms with Crippen LogP contribution < -0.4 is 18.9 Å². The molecule has 2 aromatic carbocycles. The summed E-state index contributed by atoms with van der Waals surface area (Å²) in [5, 5.41) is 2.01. The maximum Gasteiger partial charge on any atom is 0.254 e. The fraction of sp³-hybridized carbons (Fsp3) is 0.438. The van der Waals surface area contributed by atoms with Crippen molar-refractivity contribution < 1.29 is 28.5 Å². The summed E-state index contributed by atoms with van der Waals surface area (Å²) in [6.07, 6.45) is 5.65. The van der Waals surface area contributed by atoms with Crippen molar-refractivity contribution in [2.75, 3.05) is 41.5 Å². The number of thiophene rings is 1. The molecule has 1 fully saturated rings. The largest absolute Gasteiger partial charge is 0.497 e. The Bertz CT molecular complexity index is 1270. The van der Waals surface area contributed by atoms with Gasteiger partial charge in [0.2, 0.25) is 5.91 Å². The summed E-state index contributed by atoms with van der Waals surface area (Å²) >= 11 is 1.62. The minimum Gasteiger partial charge on any atom is -0.497 e. The van der Waals surface area contributed by atoms with Crippen LogP contribution in [0.4, 0.5) is 0 Å². The summed E-state index contributed by atoms with van der Waals surface area (Å²) in [5.41, 5.74) is 1.49. The number of hydrogen-bond acceptors (Lipinski definition) is 7. The first kappa shape index (κ1) is 30.2. The topological polar surface area (TPSA) is 77.5 Å². The van der Waals surface area contributed by atoms with Gasteiger partial charge in [0.25, 0.3) is 5.91 Å². The van der Waals surface area contributed by atoms with Crippen LogP contribution in [0.2, 0.25) is 0 Å². The van der Waals surface area contributed by atoms with Crippen molar-refractivity contribution in [3.63, 3.8) is 0 Å². The van der Waals surface area contributed by atoms with Crippen LogP contribution in [0.5, 0.6) is 23.0 Å². The van der Waals surface area contributed by atoms with E-state index in [2.05, 4.69) is 0 Å². The van der Waals surface area contributed by atoms with Crippen molar-refractivity contribution >= 4 is 23.2 Å². The highest BCUT2D eigenvalue weighted by molar-refractivity contribution is 7.09. The summed E-state index contributed by atoms with van der Waals surface area (Å²) in [7, 11) is 6.35. The number of carbonyl (C=O) groups excluding carboxylic acids is 2. The Hall–Kier alpha value is -3.72. The number of rotatable bonds is 13. The summed E-state index contributed by atoms with van der Waals surface area (Å²) in [6, 6.07) is 15.0. The summed E-state index contributed by atoms with van der Waals surface area (Å²) in [6.45, 7) is 1.01. The molecule has 0 radical (unpaired) electrons. The molecule has 0 N–H and O–H groups in total. The van der Waals surface area contributed by atoms with Gasteiger partial charge in [0.15, 0.2) is 11.5 Å². The molecule has 4 rings (SSSR count). The molecular formula is C32H40N2O6S. The standard InChI is InChI=1S/C32H40N2O6S/c1-37-26-18-24(19-27(20-26)38-2)32(36)34(25-9-6-5-7-10-25)22-31(35)33(21-28-11-8-16-41-28)15-14-23-12-13-29(39-3)30(17-23)40-4/h8,11-13,16-20,25H,5-7,9-10,14-15,21-22H2,1-4H3. The highest BCUT2D eigenvalue weighted by Gasteiger charge is 2.30. The molecule has 2 amide bonds. The molecule has 1 aliphatic rings. The Morgan fingerprint density at radius 3 is 2.17 bits per heavy atom. The zero-order valence-corrected chi connectivity index (χ0v) is 25.2. The van der Waals surface area contributed by atoms with Gasteiger partial charge in [0.1, 0.15) is 18.0 Å². The van der Waals surface area contributed by atoms with Crippen molar-refractivity contribution in [1.82, 2.24) is 9.80 Å². The van der Waals surface area contributed by atoms with Gasteiger partial charge in [-0.25, -0.2) is 0 Å². The molecular weight excluding hydrogens is 540 g/mol. The molecule has 0 spiro atoms. The van der Waals surface area contributed by atoms with Crippen molar-refractivity contribution in [1.29, 1.82) is 0 Å². The first-order valence-electron chi connectivity index (χ1n) is 14.0. The highest BCUT2D eigenvalue weighted by atomic mass is 32.1. The predicted molar refractivity (Wildman–Crippen MR) is 160 cm³/mol. The molecule has 1 heterocycles. The molecule has 9 heteroatoms. The number of ether oxygens (including phenoxy) is 4. The van der Waals surface area contributed by atoms with Crippen LogP contribution in [0.1, 0.15) is 52.9 Å².